The number of nitrogens with two attached hydrogens (primary N) is 1. The van der Waals surface area contributed by atoms with E-state index < -0.39 is 11.7 Å². The van der Waals surface area contributed by atoms with Crippen LogP contribution in [0.2, 0.25) is 0 Å². The van der Waals surface area contributed by atoms with Gasteiger partial charge < -0.3 is 10.5 Å². The molecular weight excluding hydrogens is 314 g/mol. The summed E-state index contributed by atoms with van der Waals surface area (Å²) in [5.74, 6) is -0.993. The van der Waals surface area contributed by atoms with Gasteiger partial charge in [-0.15, -0.1) is 0 Å². The van der Waals surface area contributed by atoms with E-state index >= 15 is 0 Å². The number of pyridine rings is 1. The van der Waals surface area contributed by atoms with Crippen LogP contribution in [0.3, 0.4) is 0 Å². The van der Waals surface area contributed by atoms with Gasteiger partial charge in [-0.1, -0.05) is 6.07 Å². The predicted molar refractivity (Wildman–Crippen MR) is 84.6 cm³/mol. The number of nitrogens with zero attached hydrogens (tertiary/aromatic N) is 1. The second kappa shape index (κ2) is 6.45. The van der Waals surface area contributed by atoms with Gasteiger partial charge in [0.1, 0.15) is 28.8 Å². The third kappa shape index (κ3) is 3.38. The van der Waals surface area contributed by atoms with Gasteiger partial charge >= 0.3 is 0 Å². The van der Waals surface area contributed by atoms with Crippen LogP contribution >= 0.6 is 0 Å². The van der Waals surface area contributed by atoms with E-state index in [1.54, 1.807) is 18.2 Å². The van der Waals surface area contributed by atoms with Crippen molar-refractivity contribution in [3.8, 4) is 22.8 Å². The lowest BCUT2D eigenvalue weighted by molar-refractivity contribution is 0.0995. The summed E-state index contributed by atoms with van der Waals surface area (Å²) in [7, 11) is 0. The molecule has 3 rings (SSSR count). The number of amides is 1. The molecule has 0 aliphatic carbocycles. The molecule has 120 valence electrons. The van der Waals surface area contributed by atoms with Crippen LogP contribution in [0, 0.1) is 11.6 Å². The van der Waals surface area contributed by atoms with Crippen LogP contribution in [0.5, 0.6) is 11.5 Å². The summed E-state index contributed by atoms with van der Waals surface area (Å²) in [6, 6.07) is 14.2. The fourth-order valence-electron chi connectivity index (χ4n) is 2.13. The average molecular weight is 326 g/mol. The summed E-state index contributed by atoms with van der Waals surface area (Å²) in [4.78, 5) is 15.2. The second-order valence-electron chi connectivity index (χ2n) is 4.97. The smallest absolute Gasteiger partial charge is 0.267 e. The van der Waals surface area contributed by atoms with Crippen molar-refractivity contribution < 1.29 is 18.3 Å². The van der Waals surface area contributed by atoms with Crippen LogP contribution < -0.4 is 10.5 Å². The first-order valence-electron chi connectivity index (χ1n) is 7.03. The molecule has 1 heterocycles. The summed E-state index contributed by atoms with van der Waals surface area (Å²) >= 11 is 0. The Hall–Kier alpha value is -3.28. The van der Waals surface area contributed by atoms with E-state index in [-0.39, 0.29) is 28.5 Å². The summed E-state index contributed by atoms with van der Waals surface area (Å²) in [5.41, 5.74) is 5.73. The Morgan fingerprint density at radius 3 is 2.33 bits per heavy atom. The van der Waals surface area contributed by atoms with Crippen molar-refractivity contribution in [2.75, 3.05) is 0 Å². The van der Waals surface area contributed by atoms with Gasteiger partial charge in [-0.25, -0.2) is 13.8 Å². The maximum Gasteiger partial charge on any atom is 0.267 e. The quantitative estimate of drug-likeness (QED) is 0.790. The van der Waals surface area contributed by atoms with Gasteiger partial charge in [-0.3, -0.25) is 4.79 Å². The van der Waals surface area contributed by atoms with Crippen LogP contribution in [-0.4, -0.2) is 10.9 Å². The molecule has 0 unspecified atom stereocenters. The lowest BCUT2D eigenvalue weighted by Crippen LogP contribution is -2.13. The topological polar surface area (TPSA) is 65.2 Å². The predicted octanol–water partition coefficient (Wildman–Crippen LogP) is 3.92. The van der Waals surface area contributed by atoms with Gasteiger partial charge in [0.2, 0.25) is 0 Å². The molecule has 0 aliphatic heterocycles. The highest BCUT2D eigenvalue weighted by molar-refractivity contribution is 5.91. The van der Waals surface area contributed by atoms with Crippen molar-refractivity contribution in [3.05, 3.63) is 78.0 Å². The number of ether oxygens (including phenoxy) is 1. The maximum atomic E-state index is 14.3. The van der Waals surface area contributed by atoms with E-state index in [2.05, 4.69) is 4.98 Å². The largest absolute Gasteiger partial charge is 0.457 e. The molecule has 0 bridgehead atoms. The maximum absolute atomic E-state index is 14.3. The number of halogens is 2. The molecule has 0 aliphatic rings. The van der Waals surface area contributed by atoms with Gasteiger partial charge in [0.25, 0.3) is 5.91 Å². The van der Waals surface area contributed by atoms with Crippen molar-refractivity contribution in [3.63, 3.8) is 0 Å². The normalized spacial score (nSPS) is 10.4. The lowest BCUT2D eigenvalue weighted by Gasteiger charge is -2.08. The Kier molecular flexibility index (Phi) is 4.20. The molecule has 0 radical (unpaired) electrons. The number of carbonyl (C=O) groups is 1. The van der Waals surface area contributed by atoms with E-state index in [0.29, 0.717) is 5.75 Å². The second-order valence-corrected chi connectivity index (χ2v) is 4.97. The molecule has 3 aromatic rings. The van der Waals surface area contributed by atoms with Gasteiger partial charge in [-0.2, -0.15) is 0 Å². The van der Waals surface area contributed by atoms with Gasteiger partial charge in [0.05, 0.1) is 5.69 Å². The molecular formula is C18H12F2N2O2. The number of primary amides is 1. The molecule has 1 aromatic heterocycles. The van der Waals surface area contributed by atoms with Crippen molar-refractivity contribution in [1.82, 2.24) is 4.98 Å². The fraction of sp³-hybridized carbons (Fsp3) is 0. The van der Waals surface area contributed by atoms with E-state index in [0.717, 1.165) is 0 Å². The molecule has 0 spiro atoms. The first-order chi connectivity index (χ1) is 11.5. The Bertz CT molecular complexity index is 896. The number of rotatable bonds is 4. The van der Waals surface area contributed by atoms with Crippen LogP contribution in [0.4, 0.5) is 8.78 Å². The zero-order valence-corrected chi connectivity index (χ0v) is 12.4. The van der Waals surface area contributed by atoms with Crippen molar-refractivity contribution in [2.45, 2.75) is 0 Å². The average Bonchev–Trinajstić information content (AvgIpc) is 2.57. The van der Waals surface area contributed by atoms with Crippen LogP contribution in [0.15, 0.2) is 60.7 Å². The minimum atomic E-state index is -0.687. The number of benzene rings is 2. The zero-order chi connectivity index (χ0) is 17.1. The Morgan fingerprint density at radius 1 is 0.958 bits per heavy atom. The number of aromatic nitrogens is 1. The van der Waals surface area contributed by atoms with Crippen LogP contribution in [0.25, 0.3) is 11.3 Å². The Morgan fingerprint density at radius 2 is 1.67 bits per heavy atom. The summed E-state index contributed by atoms with van der Waals surface area (Å²) in [5, 5.41) is 0. The van der Waals surface area contributed by atoms with E-state index in [4.69, 9.17) is 10.5 Å². The molecule has 0 fully saturated rings. The Balaban J connectivity index is 1.88. The number of hydrogen-bond acceptors (Lipinski definition) is 3. The van der Waals surface area contributed by atoms with Gasteiger partial charge in [-0.05, 0) is 48.5 Å². The minimum absolute atomic E-state index is 0.0542. The molecule has 2 aromatic carbocycles. The molecule has 24 heavy (non-hydrogen) atoms. The van der Waals surface area contributed by atoms with Crippen molar-refractivity contribution in [2.24, 2.45) is 5.73 Å². The van der Waals surface area contributed by atoms with E-state index in [1.165, 1.54) is 42.5 Å². The molecule has 0 saturated carbocycles. The van der Waals surface area contributed by atoms with Crippen LogP contribution in [-0.2, 0) is 0 Å². The zero-order valence-electron chi connectivity index (χ0n) is 12.4. The summed E-state index contributed by atoms with van der Waals surface area (Å²) < 4.78 is 32.7. The molecule has 0 atom stereocenters. The van der Waals surface area contributed by atoms with Gasteiger partial charge in [0.15, 0.2) is 0 Å². The fourth-order valence-corrected chi connectivity index (χ4v) is 2.13. The highest BCUT2D eigenvalue weighted by atomic mass is 19.1. The summed E-state index contributed by atoms with van der Waals surface area (Å²) in [6.45, 7) is 0. The number of hydrogen-bond donors (Lipinski definition) is 1. The Labute approximate surface area is 136 Å². The van der Waals surface area contributed by atoms with Crippen molar-refractivity contribution in [1.29, 1.82) is 0 Å². The first-order valence-corrected chi connectivity index (χ1v) is 7.03. The van der Waals surface area contributed by atoms with Crippen molar-refractivity contribution >= 4 is 5.91 Å². The molecule has 1 amide bonds. The molecule has 4 nitrogen and oxygen atoms in total. The first kappa shape index (κ1) is 15.6. The third-order valence-electron chi connectivity index (χ3n) is 3.27. The SMILES string of the molecule is NC(=O)c1cccc(-c2ccc(Oc3ccc(F)cc3)cc2F)n1. The highest BCUT2D eigenvalue weighted by Gasteiger charge is 2.11. The standard InChI is InChI=1S/C18H12F2N2O2/c19-11-4-6-12(7-5-11)24-13-8-9-14(15(20)10-13)16-2-1-3-17(22-16)18(21)23/h1-10H,(H2,21,23). The monoisotopic (exact) mass is 326 g/mol. The van der Waals surface area contributed by atoms with Crippen LogP contribution in [0.1, 0.15) is 10.5 Å². The minimum Gasteiger partial charge on any atom is -0.457 e. The molecule has 2 N–H and O–H groups in total. The van der Waals surface area contributed by atoms with Gasteiger partial charge in [0, 0.05) is 11.6 Å². The molecule has 6 heteroatoms. The molecule has 0 saturated heterocycles. The highest BCUT2D eigenvalue weighted by Crippen LogP contribution is 2.28. The van der Waals surface area contributed by atoms with E-state index in [9.17, 15) is 13.6 Å². The third-order valence-corrected chi connectivity index (χ3v) is 3.27. The number of carbonyl (C=O) groups excluding carboxylic acids is 1. The summed E-state index contributed by atoms with van der Waals surface area (Å²) in [6.07, 6.45) is 0. The van der Waals surface area contributed by atoms with E-state index in [1.807, 2.05) is 0 Å². The lowest BCUT2D eigenvalue weighted by atomic mass is 10.1.